The number of rotatable bonds is 4. The minimum absolute atomic E-state index is 0.314. The number of benzene rings is 1. The van der Waals surface area contributed by atoms with Gasteiger partial charge in [0.2, 0.25) is 0 Å². The quantitative estimate of drug-likeness (QED) is 0.653. The first-order chi connectivity index (χ1) is 9.63. The van der Waals surface area contributed by atoms with Crippen LogP contribution in [0.15, 0.2) is 18.2 Å². The Morgan fingerprint density at radius 3 is 2.85 bits per heavy atom. The Hall–Kier alpha value is -1.71. The van der Waals surface area contributed by atoms with Crippen LogP contribution in [-0.2, 0) is 4.74 Å². The first-order valence-corrected chi connectivity index (χ1v) is 7.45. The van der Waals surface area contributed by atoms with Crippen LogP contribution in [0.3, 0.4) is 0 Å². The molecule has 0 bridgehead atoms. The smallest absolute Gasteiger partial charge is 0.340 e. The number of anilines is 2. The standard InChI is InChI=1S/C16H24N2O2/c1-3-20-16(19)12-8-6-9-13(17)15(12)18-14-10-5-4-7-11(14)2/h6,8-9,11,14,18H,3-5,7,10,17H2,1-2H3. The van der Waals surface area contributed by atoms with Gasteiger partial charge in [0.05, 0.1) is 23.5 Å². The molecule has 1 aliphatic rings. The Balaban J connectivity index is 2.23. The molecule has 0 radical (unpaired) electrons. The molecule has 1 aliphatic carbocycles. The van der Waals surface area contributed by atoms with E-state index in [4.69, 9.17) is 10.5 Å². The van der Waals surface area contributed by atoms with Crippen molar-refractivity contribution in [1.82, 2.24) is 0 Å². The number of esters is 1. The van der Waals surface area contributed by atoms with Crippen LogP contribution < -0.4 is 11.1 Å². The molecule has 110 valence electrons. The predicted octanol–water partition coefficient (Wildman–Crippen LogP) is 3.44. The molecule has 0 aliphatic heterocycles. The second-order valence-corrected chi connectivity index (χ2v) is 5.50. The van der Waals surface area contributed by atoms with Crippen LogP contribution in [0.1, 0.15) is 49.9 Å². The number of hydrogen-bond donors (Lipinski definition) is 2. The summed E-state index contributed by atoms with van der Waals surface area (Å²) in [6.45, 7) is 4.42. The second-order valence-electron chi connectivity index (χ2n) is 5.50. The first-order valence-electron chi connectivity index (χ1n) is 7.45. The van der Waals surface area contributed by atoms with E-state index in [1.807, 2.05) is 6.07 Å². The summed E-state index contributed by atoms with van der Waals surface area (Å²) < 4.78 is 5.11. The van der Waals surface area contributed by atoms with Gasteiger partial charge in [-0.1, -0.05) is 25.8 Å². The van der Waals surface area contributed by atoms with Gasteiger partial charge in [0.15, 0.2) is 0 Å². The molecule has 0 saturated heterocycles. The normalized spacial score (nSPS) is 22.3. The average molecular weight is 276 g/mol. The molecule has 0 spiro atoms. The summed E-state index contributed by atoms with van der Waals surface area (Å²) in [5.41, 5.74) is 7.91. The molecule has 4 nitrogen and oxygen atoms in total. The largest absolute Gasteiger partial charge is 0.462 e. The number of hydrogen-bond acceptors (Lipinski definition) is 4. The van der Waals surface area contributed by atoms with Gasteiger partial charge in [-0.2, -0.15) is 0 Å². The number of nitrogen functional groups attached to an aromatic ring is 1. The lowest BCUT2D eigenvalue weighted by Crippen LogP contribution is -2.31. The monoisotopic (exact) mass is 276 g/mol. The maximum absolute atomic E-state index is 12.0. The number of carbonyl (C=O) groups excluding carboxylic acids is 1. The highest BCUT2D eigenvalue weighted by Crippen LogP contribution is 2.31. The third-order valence-corrected chi connectivity index (χ3v) is 4.03. The molecular formula is C16H24N2O2. The van der Waals surface area contributed by atoms with E-state index in [0.717, 1.165) is 12.1 Å². The van der Waals surface area contributed by atoms with Crippen molar-refractivity contribution in [3.63, 3.8) is 0 Å². The number of carbonyl (C=O) groups is 1. The van der Waals surface area contributed by atoms with Crippen LogP contribution in [0.2, 0.25) is 0 Å². The van der Waals surface area contributed by atoms with Gasteiger partial charge in [-0.25, -0.2) is 4.79 Å². The highest BCUT2D eigenvalue weighted by atomic mass is 16.5. The fourth-order valence-electron chi connectivity index (χ4n) is 2.83. The second kappa shape index (κ2) is 6.64. The molecule has 2 atom stereocenters. The molecule has 3 N–H and O–H groups in total. The molecule has 0 amide bonds. The SMILES string of the molecule is CCOC(=O)c1cccc(N)c1NC1CCCCC1C. The summed E-state index contributed by atoms with van der Waals surface area (Å²) in [5, 5.41) is 3.48. The van der Waals surface area contributed by atoms with E-state index >= 15 is 0 Å². The minimum Gasteiger partial charge on any atom is -0.462 e. The zero-order chi connectivity index (χ0) is 14.5. The van der Waals surface area contributed by atoms with Crippen molar-refractivity contribution < 1.29 is 9.53 Å². The third-order valence-electron chi connectivity index (χ3n) is 4.03. The van der Waals surface area contributed by atoms with E-state index < -0.39 is 0 Å². The van der Waals surface area contributed by atoms with Gasteiger partial charge >= 0.3 is 5.97 Å². The highest BCUT2D eigenvalue weighted by molar-refractivity contribution is 5.98. The van der Waals surface area contributed by atoms with Crippen molar-refractivity contribution in [2.24, 2.45) is 5.92 Å². The number of nitrogens with two attached hydrogens (primary N) is 1. The summed E-state index contributed by atoms with van der Waals surface area (Å²) in [6.07, 6.45) is 4.86. The van der Waals surface area contributed by atoms with Crippen molar-refractivity contribution in [3.8, 4) is 0 Å². The van der Waals surface area contributed by atoms with Crippen LogP contribution in [-0.4, -0.2) is 18.6 Å². The minimum atomic E-state index is -0.314. The summed E-state index contributed by atoms with van der Waals surface area (Å²) in [4.78, 5) is 12.0. The van der Waals surface area contributed by atoms with Crippen molar-refractivity contribution >= 4 is 17.3 Å². The number of para-hydroxylation sites is 1. The summed E-state index contributed by atoms with van der Waals surface area (Å²) >= 11 is 0. The van der Waals surface area contributed by atoms with Gasteiger partial charge in [0.25, 0.3) is 0 Å². The van der Waals surface area contributed by atoms with Crippen LogP contribution in [0.25, 0.3) is 0 Å². The molecule has 4 heteroatoms. The van der Waals surface area contributed by atoms with Gasteiger partial charge in [-0.3, -0.25) is 0 Å². The number of ether oxygens (including phenoxy) is 1. The Kier molecular flexibility index (Phi) is 4.88. The topological polar surface area (TPSA) is 64.3 Å². The summed E-state index contributed by atoms with van der Waals surface area (Å²) in [6, 6.07) is 5.75. The van der Waals surface area contributed by atoms with Gasteiger partial charge in [-0.05, 0) is 37.8 Å². The molecule has 2 rings (SSSR count). The zero-order valence-corrected chi connectivity index (χ0v) is 12.3. The van der Waals surface area contributed by atoms with Crippen LogP contribution in [0.4, 0.5) is 11.4 Å². The van der Waals surface area contributed by atoms with Gasteiger partial charge in [0.1, 0.15) is 0 Å². The Labute approximate surface area is 120 Å². The predicted molar refractivity (Wildman–Crippen MR) is 81.9 cm³/mol. The maximum atomic E-state index is 12.0. The van der Waals surface area contributed by atoms with E-state index in [1.54, 1.807) is 19.1 Å². The highest BCUT2D eigenvalue weighted by Gasteiger charge is 2.24. The summed E-state index contributed by atoms with van der Waals surface area (Å²) in [5.74, 6) is 0.282. The van der Waals surface area contributed by atoms with E-state index in [9.17, 15) is 4.79 Å². The molecule has 0 heterocycles. The van der Waals surface area contributed by atoms with Crippen molar-refractivity contribution in [1.29, 1.82) is 0 Å². The van der Waals surface area contributed by atoms with E-state index in [2.05, 4.69) is 12.2 Å². The number of nitrogens with one attached hydrogen (secondary N) is 1. The molecule has 1 saturated carbocycles. The van der Waals surface area contributed by atoms with Crippen molar-refractivity contribution in [2.75, 3.05) is 17.7 Å². The lowest BCUT2D eigenvalue weighted by Gasteiger charge is -2.31. The molecular weight excluding hydrogens is 252 g/mol. The Bertz CT molecular complexity index is 474. The van der Waals surface area contributed by atoms with Crippen LogP contribution >= 0.6 is 0 Å². The lowest BCUT2D eigenvalue weighted by molar-refractivity contribution is 0.0527. The zero-order valence-electron chi connectivity index (χ0n) is 12.3. The molecule has 2 unspecified atom stereocenters. The average Bonchev–Trinajstić information content (AvgIpc) is 2.43. The molecule has 1 fully saturated rings. The van der Waals surface area contributed by atoms with Gasteiger partial charge < -0.3 is 15.8 Å². The van der Waals surface area contributed by atoms with Crippen molar-refractivity contribution in [3.05, 3.63) is 23.8 Å². The fraction of sp³-hybridized carbons (Fsp3) is 0.562. The van der Waals surface area contributed by atoms with Crippen LogP contribution in [0, 0.1) is 5.92 Å². The van der Waals surface area contributed by atoms with Gasteiger partial charge in [0, 0.05) is 6.04 Å². The summed E-state index contributed by atoms with van der Waals surface area (Å²) in [7, 11) is 0. The lowest BCUT2D eigenvalue weighted by atomic mass is 9.85. The molecule has 1 aromatic carbocycles. The van der Waals surface area contributed by atoms with Crippen LogP contribution in [0.5, 0.6) is 0 Å². The van der Waals surface area contributed by atoms with Gasteiger partial charge in [-0.15, -0.1) is 0 Å². The molecule has 0 aromatic heterocycles. The maximum Gasteiger partial charge on any atom is 0.340 e. The Morgan fingerprint density at radius 1 is 1.40 bits per heavy atom. The third kappa shape index (κ3) is 3.24. The molecule has 20 heavy (non-hydrogen) atoms. The van der Waals surface area contributed by atoms with E-state index in [-0.39, 0.29) is 5.97 Å². The van der Waals surface area contributed by atoms with E-state index in [0.29, 0.717) is 29.8 Å². The van der Waals surface area contributed by atoms with Crippen molar-refractivity contribution in [2.45, 2.75) is 45.6 Å². The molecule has 1 aromatic rings. The fourth-order valence-corrected chi connectivity index (χ4v) is 2.83. The first kappa shape index (κ1) is 14.7. The van der Waals surface area contributed by atoms with E-state index in [1.165, 1.54) is 19.3 Å². The Morgan fingerprint density at radius 2 is 2.15 bits per heavy atom.